The Bertz CT molecular complexity index is 217. The molecule has 0 rings (SSSR count). The molecule has 0 radical (unpaired) electrons. The average Bonchev–Trinajstić information content (AvgIpc) is 2.21. The molecular weight excluding hydrogens is 192 g/mol. The van der Waals surface area contributed by atoms with Crippen molar-refractivity contribution in [1.29, 1.82) is 10.5 Å². The molecule has 0 aliphatic rings. The smallest absolute Gasteiger partial charge is 0.145 e. The van der Waals surface area contributed by atoms with E-state index in [1.54, 1.807) is 13.1 Å². The third kappa shape index (κ3) is 24.6. The molecule has 0 bridgehead atoms. The second-order valence-electron chi connectivity index (χ2n) is 3.66. The molecule has 0 spiro atoms. The summed E-state index contributed by atoms with van der Waals surface area (Å²) in [5.74, 6) is 0. The average molecular weight is 214 g/mol. The van der Waals surface area contributed by atoms with Gasteiger partial charge in [-0.05, 0) is 41.8 Å². The van der Waals surface area contributed by atoms with Gasteiger partial charge >= 0.3 is 0 Å². The van der Waals surface area contributed by atoms with Crippen molar-refractivity contribution < 1.29 is 5.11 Å². The number of hydrogen-bond acceptors (Lipinski definition) is 5. The van der Waals surface area contributed by atoms with Gasteiger partial charge in [-0.3, -0.25) is 0 Å². The van der Waals surface area contributed by atoms with Crippen LogP contribution in [0.2, 0.25) is 0 Å². The lowest BCUT2D eigenvalue weighted by Crippen LogP contribution is -2.33. The van der Waals surface area contributed by atoms with E-state index < -0.39 is 5.60 Å². The van der Waals surface area contributed by atoms with Crippen molar-refractivity contribution in [3.05, 3.63) is 0 Å². The number of nitriles is 2. The zero-order valence-corrected chi connectivity index (χ0v) is 10.4. The van der Waals surface area contributed by atoms with E-state index in [0.717, 1.165) is 0 Å². The minimum atomic E-state index is -1.15. The molecule has 0 aliphatic carbocycles. The molecule has 5 nitrogen and oxygen atoms in total. The van der Waals surface area contributed by atoms with Gasteiger partial charge in [-0.15, -0.1) is 0 Å². The van der Waals surface area contributed by atoms with Gasteiger partial charge in [-0.2, -0.15) is 10.5 Å². The largest absolute Gasteiger partial charge is 0.376 e. The summed E-state index contributed by atoms with van der Waals surface area (Å²) in [6.07, 6.45) is 0. The van der Waals surface area contributed by atoms with Crippen LogP contribution in [0.5, 0.6) is 0 Å². The van der Waals surface area contributed by atoms with Crippen molar-refractivity contribution in [2.75, 3.05) is 14.1 Å². The van der Waals surface area contributed by atoms with E-state index in [4.69, 9.17) is 15.6 Å². The van der Waals surface area contributed by atoms with Crippen molar-refractivity contribution in [3.8, 4) is 12.1 Å². The van der Waals surface area contributed by atoms with Crippen molar-refractivity contribution in [3.63, 3.8) is 0 Å². The Kier molecular flexibility index (Phi) is 12.2. The number of aliphatic hydroxyl groups is 1. The van der Waals surface area contributed by atoms with Gasteiger partial charge in [0.15, 0.2) is 0 Å². The molecular formula is C10H22N4O. The lowest BCUT2D eigenvalue weighted by Gasteiger charge is -2.11. The first-order valence-electron chi connectivity index (χ1n) is 4.50. The van der Waals surface area contributed by atoms with Crippen LogP contribution < -0.4 is 11.1 Å². The fourth-order valence-corrected chi connectivity index (χ4v) is 0.0559. The highest BCUT2D eigenvalue weighted by molar-refractivity contribution is 4.98. The maximum Gasteiger partial charge on any atom is 0.145 e. The van der Waals surface area contributed by atoms with Crippen LogP contribution in [-0.2, 0) is 0 Å². The summed E-state index contributed by atoms with van der Waals surface area (Å²) in [5.41, 5.74) is 2.99. The fraction of sp³-hybridized carbons (Fsp3) is 0.800. The minimum Gasteiger partial charge on any atom is -0.376 e. The first-order chi connectivity index (χ1) is 6.68. The highest BCUT2D eigenvalue weighted by Crippen LogP contribution is 1.94. The summed E-state index contributed by atoms with van der Waals surface area (Å²) in [6, 6.07) is 3.74. The van der Waals surface area contributed by atoms with Crippen LogP contribution in [0.3, 0.4) is 0 Å². The van der Waals surface area contributed by atoms with Crippen LogP contribution in [0.25, 0.3) is 0 Å². The second-order valence-corrected chi connectivity index (χ2v) is 3.66. The summed E-state index contributed by atoms with van der Waals surface area (Å²) in [7, 11) is 3.27. The monoisotopic (exact) mass is 214 g/mol. The molecule has 0 atom stereocenters. The maximum absolute atomic E-state index is 8.47. The molecule has 0 amide bonds. The third-order valence-electron chi connectivity index (χ3n) is 1.18. The minimum absolute atomic E-state index is 0.361. The van der Waals surface area contributed by atoms with Gasteiger partial charge in [0.1, 0.15) is 11.1 Å². The normalized spacial score (nSPS) is 9.47. The molecule has 0 fully saturated rings. The summed E-state index contributed by atoms with van der Waals surface area (Å²) in [4.78, 5) is 0. The van der Waals surface area contributed by atoms with Crippen molar-refractivity contribution in [1.82, 2.24) is 5.32 Å². The fourth-order valence-electron chi connectivity index (χ4n) is 0.0559. The van der Waals surface area contributed by atoms with E-state index in [9.17, 15) is 0 Å². The van der Waals surface area contributed by atoms with E-state index in [2.05, 4.69) is 17.1 Å². The quantitative estimate of drug-likeness (QED) is 0.547. The van der Waals surface area contributed by atoms with Crippen LogP contribution in [0.4, 0.5) is 0 Å². The summed E-state index contributed by atoms with van der Waals surface area (Å²) in [5, 5.41) is 27.5. The summed E-state index contributed by atoms with van der Waals surface area (Å²) in [6.45, 7) is 6.53. The molecule has 0 aromatic carbocycles. The Labute approximate surface area is 92.5 Å². The van der Waals surface area contributed by atoms with E-state index in [1.807, 2.05) is 13.8 Å². The molecule has 5 heteroatoms. The van der Waals surface area contributed by atoms with Gasteiger partial charge in [0.25, 0.3) is 0 Å². The topological polar surface area (TPSA) is 106 Å². The number of nitrogens with two attached hydrogens (primary N) is 1. The lowest BCUT2D eigenvalue weighted by molar-refractivity contribution is 0.141. The molecule has 15 heavy (non-hydrogen) atoms. The Morgan fingerprint density at radius 1 is 1.07 bits per heavy atom. The summed E-state index contributed by atoms with van der Waals surface area (Å²) < 4.78 is 0. The molecule has 0 saturated heterocycles. The van der Waals surface area contributed by atoms with E-state index >= 15 is 0 Å². The number of nitrogens with one attached hydrogen (secondary N) is 1. The second kappa shape index (κ2) is 9.42. The van der Waals surface area contributed by atoms with Gasteiger partial charge in [0, 0.05) is 0 Å². The van der Waals surface area contributed by atoms with Crippen molar-refractivity contribution in [2.24, 2.45) is 5.73 Å². The molecule has 88 valence electrons. The van der Waals surface area contributed by atoms with Gasteiger partial charge < -0.3 is 16.2 Å². The molecule has 0 aliphatic heterocycles. The van der Waals surface area contributed by atoms with Crippen LogP contribution in [-0.4, -0.2) is 30.3 Å². The maximum atomic E-state index is 8.47. The SMILES string of the molecule is CC(C)(O)C#N.CN.CNC(C)(C)C#N. The molecule has 0 aromatic heterocycles. The summed E-state index contributed by atoms with van der Waals surface area (Å²) >= 11 is 0. The van der Waals surface area contributed by atoms with Crippen molar-refractivity contribution >= 4 is 0 Å². The predicted molar refractivity (Wildman–Crippen MR) is 60.8 cm³/mol. The number of hydrogen-bond donors (Lipinski definition) is 3. The van der Waals surface area contributed by atoms with Gasteiger partial charge in [-0.25, -0.2) is 0 Å². The Hall–Kier alpha value is -1.14. The predicted octanol–water partition coefficient (Wildman–Crippen LogP) is 0.364. The Morgan fingerprint density at radius 2 is 1.33 bits per heavy atom. The third-order valence-corrected chi connectivity index (χ3v) is 1.18. The standard InChI is InChI=1S/C5H10N2.C4H7NO.CH5N/c1-5(2,4-6)7-3;1-4(2,6)3-5;1-2/h7H,1-3H3;6H,1-2H3;2H2,1H3. The molecule has 0 aromatic rings. The van der Waals surface area contributed by atoms with Crippen LogP contribution in [0.15, 0.2) is 0 Å². The molecule has 4 N–H and O–H groups in total. The number of nitrogens with zero attached hydrogens (tertiary/aromatic N) is 2. The van der Waals surface area contributed by atoms with Crippen LogP contribution >= 0.6 is 0 Å². The van der Waals surface area contributed by atoms with E-state index in [0.29, 0.717) is 0 Å². The van der Waals surface area contributed by atoms with Gasteiger partial charge in [0.2, 0.25) is 0 Å². The molecule has 0 saturated carbocycles. The molecule has 0 unspecified atom stereocenters. The van der Waals surface area contributed by atoms with E-state index in [-0.39, 0.29) is 5.54 Å². The van der Waals surface area contributed by atoms with Crippen molar-refractivity contribution in [2.45, 2.75) is 38.8 Å². The molecule has 0 heterocycles. The number of rotatable bonds is 1. The van der Waals surface area contributed by atoms with Crippen LogP contribution in [0, 0.1) is 22.7 Å². The first-order valence-corrected chi connectivity index (χ1v) is 4.50. The Balaban J connectivity index is -0.000000166. The zero-order valence-electron chi connectivity index (χ0n) is 10.4. The van der Waals surface area contributed by atoms with E-state index in [1.165, 1.54) is 20.9 Å². The van der Waals surface area contributed by atoms with Crippen LogP contribution in [0.1, 0.15) is 27.7 Å². The first kappa shape index (κ1) is 19.4. The highest BCUT2D eigenvalue weighted by atomic mass is 16.3. The van der Waals surface area contributed by atoms with Gasteiger partial charge in [-0.1, -0.05) is 0 Å². The zero-order chi connectivity index (χ0) is 13.1. The van der Waals surface area contributed by atoms with Gasteiger partial charge in [0.05, 0.1) is 12.1 Å². The highest BCUT2D eigenvalue weighted by Gasteiger charge is 2.10. The Morgan fingerprint density at radius 3 is 1.33 bits per heavy atom. The lowest BCUT2D eigenvalue weighted by atomic mass is 10.1.